The first-order valence-electron chi connectivity index (χ1n) is 10.9. The highest BCUT2D eigenvalue weighted by Gasteiger charge is 2.29. The average molecular weight is 452 g/mol. The number of rotatable bonds is 7. The fraction of sp³-hybridized carbons (Fsp3) is 0.308. The Kier molecular flexibility index (Phi) is 6.77. The molecule has 0 heterocycles. The summed E-state index contributed by atoms with van der Waals surface area (Å²) in [6.07, 6.45) is 1.89. The highest BCUT2D eigenvalue weighted by Crippen LogP contribution is 2.33. The van der Waals surface area contributed by atoms with E-state index in [9.17, 15) is 19.1 Å². The van der Waals surface area contributed by atoms with Crippen LogP contribution in [0.5, 0.6) is 11.5 Å². The fourth-order valence-corrected chi connectivity index (χ4v) is 4.24. The molecule has 0 saturated heterocycles. The molecular weight excluding hydrogens is 427 g/mol. The van der Waals surface area contributed by atoms with Crippen molar-refractivity contribution in [3.8, 4) is 11.5 Å². The fourth-order valence-electron chi connectivity index (χ4n) is 4.24. The number of hydrogen-bond acceptors (Lipinski definition) is 5. The second-order valence-electron chi connectivity index (χ2n) is 8.13. The summed E-state index contributed by atoms with van der Waals surface area (Å²) in [7, 11) is 1.28. The predicted octanol–water partition coefficient (Wildman–Crippen LogP) is 5.37. The molecule has 3 aromatic carbocycles. The summed E-state index contributed by atoms with van der Waals surface area (Å²) in [5, 5.41) is 11.5. The van der Waals surface area contributed by atoms with E-state index in [0.29, 0.717) is 25.7 Å². The summed E-state index contributed by atoms with van der Waals surface area (Å²) in [5.41, 5.74) is 0.794. The summed E-state index contributed by atoms with van der Waals surface area (Å²) in [6.45, 7) is 0.214. The van der Waals surface area contributed by atoms with Crippen LogP contribution in [0.25, 0.3) is 10.8 Å². The molecular formula is C26H25FO6. The molecule has 1 saturated carbocycles. The van der Waals surface area contributed by atoms with E-state index >= 15 is 0 Å². The van der Waals surface area contributed by atoms with Crippen molar-refractivity contribution < 1.29 is 33.3 Å². The van der Waals surface area contributed by atoms with Gasteiger partial charge in [0, 0.05) is 12.1 Å². The molecule has 172 valence electrons. The number of methoxy groups -OCH3 is 1. The monoisotopic (exact) mass is 452 g/mol. The van der Waals surface area contributed by atoms with Gasteiger partial charge in [-0.15, -0.1) is 0 Å². The smallest absolute Gasteiger partial charge is 0.339 e. The lowest BCUT2D eigenvalue weighted by molar-refractivity contribution is -0.151. The number of esters is 1. The zero-order valence-electron chi connectivity index (χ0n) is 18.3. The Bertz CT molecular complexity index is 1160. The summed E-state index contributed by atoms with van der Waals surface area (Å²) in [5.74, 6) is -2.59. The minimum absolute atomic E-state index is 0.0648. The average Bonchev–Trinajstić information content (AvgIpc) is 2.83. The molecule has 0 radical (unpaired) electrons. The second kappa shape index (κ2) is 9.90. The molecule has 33 heavy (non-hydrogen) atoms. The SMILES string of the molecule is COc1cc(F)c(OC2CCC(C(=O)OCc3cccc4ccccc34)CC2)cc1C(=O)O. The molecule has 0 atom stereocenters. The topological polar surface area (TPSA) is 82.1 Å². The Morgan fingerprint density at radius 3 is 2.45 bits per heavy atom. The van der Waals surface area contributed by atoms with Gasteiger partial charge < -0.3 is 19.3 Å². The van der Waals surface area contributed by atoms with Crippen molar-refractivity contribution in [1.29, 1.82) is 0 Å². The zero-order chi connectivity index (χ0) is 23.4. The number of carboxylic acids is 1. The molecule has 7 heteroatoms. The van der Waals surface area contributed by atoms with Gasteiger partial charge in [0.2, 0.25) is 0 Å². The number of halogens is 1. The van der Waals surface area contributed by atoms with Gasteiger partial charge >= 0.3 is 11.9 Å². The van der Waals surface area contributed by atoms with Crippen molar-refractivity contribution in [3.05, 3.63) is 71.5 Å². The maximum atomic E-state index is 14.3. The van der Waals surface area contributed by atoms with Gasteiger partial charge in [0.05, 0.1) is 19.1 Å². The molecule has 1 N–H and O–H groups in total. The third-order valence-corrected chi connectivity index (χ3v) is 6.04. The van der Waals surface area contributed by atoms with Gasteiger partial charge in [-0.2, -0.15) is 0 Å². The van der Waals surface area contributed by atoms with Crippen LogP contribution in [0.1, 0.15) is 41.6 Å². The first kappa shape index (κ1) is 22.6. The van der Waals surface area contributed by atoms with E-state index in [4.69, 9.17) is 14.2 Å². The Morgan fingerprint density at radius 1 is 1.00 bits per heavy atom. The molecule has 0 spiro atoms. The first-order chi connectivity index (χ1) is 16.0. The molecule has 4 rings (SSSR count). The highest BCUT2D eigenvalue weighted by molar-refractivity contribution is 5.91. The number of carbonyl (C=O) groups is 2. The second-order valence-corrected chi connectivity index (χ2v) is 8.13. The molecule has 3 aromatic rings. The number of aromatic carboxylic acids is 1. The van der Waals surface area contributed by atoms with Crippen LogP contribution in [-0.2, 0) is 16.1 Å². The van der Waals surface area contributed by atoms with Crippen molar-refractivity contribution in [2.75, 3.05) is 7.11 Å². The van der Waals surface area contributed by atoms with E-state index in [1.807, 2.05) is 42.5 Å². The van der Waals surface area contributed by atoms with E-state index in [-0.39, 0.29) is 41.7 Å². The van der Waals surface area contributed by atoms with E-state index in [0.717, 1.165) is 28.5 Å². The molecule has 1 aliphatic rings. The standard InChI is InChI=1S/C26H25FO6/c1-31-23-14-22(27)24(13-21(23)25(28)29)33-19-11-9-17(10-12-19)26(30)32-15-18-7-4-6-16-5-2-3-8-20(16)18/h2-8,13-14,17,19H,9-12,15H2,1H3,(H,28,29). The van der Waals surface area contributed by atoms with Gasteiger partial charge in [0.15, 0.2) is 11.6 Å². The molecule has 0 bridgehead atoms. The summed E-state index contributed by atoms with van der Waals surface area (Å²) in [6, 6.07) is 16.0. The maximum absolute atomic E-state index is 14.3. The normalized spacial score (nSPS) is 18.0. The first-order valence-corrected chi connectivity index (χ1v) is 10.9. The maximum Gasteiger partial charge on any atom is 0.339 e. The van der Waals surface area contributed by atoms with Gasteiger partial charge in [-0.1, -0.05) is 42.5 Å². The largest absolute Gasteiger partial charge is 0.496 e. The molecule has 6 nitrogen and oxygen atoms in total. The van der Waals surface area contributed by atoms with Gasteiger partial charge in [-0.05, 0) is 42.0 Å². The summed E-state index contributed by atoms with van der Waals surface area (Å²) in [4.78, 5) is 24.0. The number of fused-ring (bicyclic) bond motifs is 1. The molecule has 0 unspecified atom stereocenters. The minimum atomic E-state index is -1.23. The number of carbonyl (C=O) groups excluding carboxylic acids is 1. The van der Waals surface area contributed by atoms with Crippen LogP contribution in [0.4, 0.5) is 4.39 Å². The van der Waals surface area contributed by atoms with Crippen LogP contribution in [0.2, 0.25) is 0 Å². The lowest BCUT2D eigenvalue weighted by atomic mass is 9.87. The molecule has 0 amide bonds. The van der Waals surface area contributed by atoms with E-state index < -0.39 is 11.8 Å². The van der Waals surface area contributed by atoms with E-state index in [1.54, 1.807) is 0 Å². The van der Waals surface area contributed by atoms with E-state index in [1.165, 1.54) is 7.11 Å². The van der Waals surface area contributed by atoms with Crippen LogP contribution in [0.3, 0.4) is 0 Å². The number of hydrogen-bond donors (Lipinski definition) is 1. The number of benzene rings is 3. The number of ether oxygens (including phenoxy) is 3. The summed E-state index contributed by atoms with van der Waals surface area (Å²) >= 11 is 0. The molecule has 1 fully saturated rings. The van der Waals surface area contributed by atoms with Crippen molar-refractivity contribution in [2.24, 2.45) is 5.92 Å². The zero-order valence-corrected chi connectivity index (χ0v) is 18.3. The van der Waals surface area contributed by atoms with Crippen molar-refractivity contribution >= 4 is 22.7 Å². The minimum Gasteiger partial charge on any atom is -0.496 e. The van der Waals surface area contributed by atoms with Crippen molar-refractivity contribution in [1.82, 2.24) is 0 Å². The Labute approximate surface area is 190 Å². The van der Waals surface area contributed by atoms with Crippen LogP contribution in [-0.4, -0.2) is 30.3 Å². The Balaban J connectivity index is 1.33. The Morgan fingerprint density at radius 2 is 1.73 bits per heavy atom. The quantitative estimate of drug-likeness (QED) is 0.486. The number of carboxylic acid groups (broad SMARTS) is 1. The third kappa shape index (κ3) is 5.08. The molecule has 0 aromatic heterocycles. The lowest BCUT2D eigenvalue weighted by Gasteiger charge is -2.28. The van der Waals surface area contributed by atoms with Crippen LogP contribution < -0.4 is 9.47 Å². The summed E-state index contributed by atoms with van der Waals surface area (Å²) < 4.78 is 30.6. The van der Waals surface area contributed by atoms with Crippen molar-refractivity contribution in [2.45, 2.75) is 38.4 Å². The van der Waals surface area contributed by atoms with E-state index in [2.05, 4.69) is 0 Å². The van der Waals surface area contributed by atoms with Gasteiger partial charge in [0.25, 0.3) is 0 Å². The lowest BCUT2D eigenvalue weighted by Crippen LogP contribution is -2.29. The molecule has 1 aliphatic carbocycles. The predicted molar refractivity (Wildman–Crippen MR) is 120 cm³/mol. The van der Waals surface area contributed by atoms with Crippen LogP contribution in [0, 0.1) is 11.7 Å². The van der Waals surface area contributed by atoms with Gasteiger partial charge in [0.1, 0.15) is 17.9 Å². The molecule has 0 aliphatic heterocycles. The highest BCUT2D eigenvalue weighted by atomic mass is 19.1. The van der Waals surface area contributed by atoms with Gasteiger partial charge in [-0.25, -0.2) is 9.18 Å². The third-order valence-electron chi connectivity index (χ3n) is 6.04. The Hall–Kier alpha value is -3.61. The van der Waals surface area contributed by atoms with Crippen LogP contribution in [0.15, 0.2) is 54.6 Å². The van der Waals surface area contributed by atoms with Gasteiger partial charge in [-0.3, -0.25) is 4.79 Å². The van der Waals surface area contributed by atoms with Crippen molar-refractivity contribution in [3.63, 3.8) is 0 Å². The van der Waals surface area contributed by atoms with Crippen LogP contribution >= 0.6 is 0 Å².